The van der Waals surface area contributed by atoms with Gasteiger partial charge in [0, 0.05) is 24.2 Å². The predicted octanol–water partition coefficient (Wildman–Crippen LogP) is 1.51. The van der Waals surface area contributed by atoms with E-state index in [0.29, 0.717) is 29.5 Å². The number of carbonyl (C=O) groups is 1. The monoisotopic (exact) mass is 278 g/mol. The second-order valence-electron chi connectivity index (χ2n) is 5.25. The molecular formula is C15H22N2O3. The van der Waals surface area contributed by atoms with Gasteiger partial charge in [-0.1, -0.05) is 0 Å². The van der Waals surface area contributed by atoms with Gasteiger partial charge in [-0.3, -0.25) is 4.79 Å². The summed E-state index contributed by atoms with van der Waals surface area (Å²) < 4.78 is 10.4. The SMILES string of the molecule is COc1cc(OC)cc(C(=O)N2CC(CN)CC2C)c1. The Hall–Kier alpha value is -1.75. The van der Waals surface area contributed by atoms with E-state index in [9.17, 15) is 4.79 Å². The molecule has 5 nitrogen and oxygen atoms in total. The van der Waals surface area contributed by atoms with Gasteiger partial charge in [0.15, 0.2) is 0 Å². The van der Waals surface area contributed by atoms with E-state index >= 15 is 0 Å². The lowest BCUT2D eigenvalue weighted by Gasteiger charge is -2.22. The Morgan fingerprint density at radius 1 is 1.30 bits per heavy atom. The highest BCUT2D eigenvalue weighted by Crippen LogP contribution is 2.27. The number of amides is 1. The molecule has 20 heavy (non-hydrogen) atoms. The number of carbonyl (C=O) groups excluding carboxylic acids is 1. The smallest absolute Gasteiger partial charge is 0.254 e. The topological polar surface area (TPSA) is 64.8 Å². The number of ether oxygens (including phenoxy) is 2. The van der Waals surface area contributed by atoms with E-state index in [1.807, 2.05) is 4.90 Å². The van der Waals surface area contributed by atoms with Crippen LogP contribution in [-0.2, 0) is 0 Å². The van der Waals surface area contributed by atoms with Crippen molar-refractivity contribution in [1.82, 2.24) is 4.90 Å². The first-order chi connectivity index (χ1) is 9.58. The zero-order valence-corrected chi connectivity index (χ0v) is 12.3. The molecule has 2 N–H and O–H groups in total. The molecule has 2 atom stereocenters. The minimum atomic E-state index is 0.00523. The third-order valence-electron chi connectivity index (χ3n) is 3.85. The largest absolute Gasteiger partial charge is 0.497 e. The highest BCUT2D eigenvalue weighted by atomic mass is 16.5. The predicted molar refractivity (Wildman–Crippen MR) is 77.2 cm³/mol. The van der Waals surface area contributed by atoms with E-state index in [-0.39, 0.29) is 11.9 Å². The van der Waals surface area contributed by atoms with Crippen molar-refractivity contribution in [2.45, 2.75) is 19.4 Å². The highest BCUT2D eigenvalue weighted by molar-refractivity contribution is 5.95. The lowest BCUT2D eigenvalue weighted by Crippen LogP contribution is -2.34. The van der Waals surface area contributed by atoms with E-state index in [2.05, 4.69) is 6.92 Å². The van der Waals surface area contributed by atoms with Crippen LogP contribution in [0.4, 0.5) is 0 Å². The average molecular weight is 278 g/mol. The number of hydrogen-bond acceptors (Lipinski definition) is 4. The molecule has 0 radical (unpaired) electrons. The number of benzene rings is 1. The summed E-state index contributed by atoms with van der Waals surface area (Å²) >= 11 is 0. The van der Waals surface area contributed by atoms with Crippen LogP contribution in [0.5, 0.6) is 11.5 Å². The van der Waals surface area contributed by atoms with Gasteiger partial charge in [0.2, 0.25) is 0 Å². The molecule has 0 spiro atoms. The number of methoxy groups -OCH3 is 2. The molecule has 1 aliphatic heterocycles. The van der Waals surface area contributed by atoms with Crippen LogP contribution in [0.15, 0.2) is 18.2 Å². The van der Waals surface area contributed by atoms with Gasteiger partial charge in [0.1, 0.15) is 11.5 Å². The molecule has 1 aliphatic rings. The molecule has 2 unspecified atom stereocenters. The van der Waals surface area contributed by atoms with Gasteiger partial charge in [-0.25, -0.2) is 0 Å². The van der Waals surface area contributed by atoms with Crippen molar-refractivity contribution in [2.24, 2.45) is 11.7 Å². The number of hydrogen-bond donors (Lipinski definition) is 1. The Labute approximate surface area is 119 Å². The first kappa shape index (κ1) is 14.7. The third kappa shape index (κ3) is 2.88. The molecular weight excluding hydrogens is 256 g/mol. The maximum atomic E-state index is 12.6. The van der Waals surface area contributed by atoms with Crippen LogP contribution in [0.1, 0.15) is 23.7 Å². The third-order valence-corrected chi connectivity index (χ3v) is 3.85. The molecule has 2 rings (SSSR count). The average Bonchev–Trinajstić information content (AvgIpc) is 2.86. The molecule has 1 fully saturated rings. The van der Waals surface area contributed by atoms with Gasteiger partial charge in [-0.05, 0) is 37.9 Å². The minimum Gasteiger partial charge on any atom is -0.497 e. The highest BCUT2D eigenvalue weighted by Gasteiger charge is 2.32. The summed E-state index contributed by atoms with van der Waals surface area (Å²) in [6.45, 7) is 3.40. The van der Waals surface area contributed by atoms with Gasteiger partial charge in [-0.15, -0.1) is 0 Å². The Morgan fingerprint density at radius 3 is 2.35 bits per heavy atom. The van der Waals surface area contributed by atoms with E-state index < -0.39 is 0 Å². The molecule has 0 aliphatic carbocycles. The van der Waals surface area contributed by atoms with Crippen molar-refractivity contribution in [1.29, 1.82) is 0 Å². The Morgan fingerprint density at radius 2 is 1.90 bits per heavy atom. The summed E-state index contributed by atoms with van der Waals surface area (Å²) in [6, 6.07) is 5.46. The van der Waals surface area contributed by atoms with Crippen LogP contribution in [0.3, 0.4) is 0 Å². The Bertz CT molecular complexity index is 468. The second kappa shape index (κ2) is 6.13. The fraction of sp³-hybridized carbons (Fsp3) is 0.533. The lowest BCUT2D eigenvalue weighted by atomic mass is 10.1. The van der Waals surface area contributed by atoms with E-state index in [4.69, 9.17) is 15.2 Å². The molecule has 0 aromatic heterocycles. The summed E-state index contributed by atoms with van der Waals surface area (Å²) in [7, 11) is 3.15. The molecule has 1 aromatic carbocycles. The van der Waals surface area contributed by atoms with Crippen molar-refractivity contribution in [3.8, 4) is 11.5 Å². The number of nitrogens with two attached hydrogens (primary N) is 1. The summed E-state index contributed by atoms with van der Waals surface area (Å²) in [5.41, 5.74) is 6.30. The molecule has 0 saturated carbocycles. The normalized spacial score (nSPS) is 21.9. The van der Waals surface area contributed by atoms with Gasteiger partial charge in [0.25, 0.3) is 5.91 Å². The van der Waals surface area contributed by atoms with E-state index in [1.165, 1.54) is 0 Å². The Balaban J connectivity index is 2.24. The summed E-state index contributed by atoms with van der Waals surface area (Å²) in [5.74, 6) is 1.64. The molecule has 1 heterocycles. The van der Waals surface area contributed by atoms with Crippen LogP contribution in [0.25, 0.3) is 0 Å². The van der Waals surface area contributed by atoms with Crippen LogP contribution < -0.4 is 15.2 Å². The molecule has 1 saturated heterocycles. The second-order valence-corrected chi connectivity index (χ2v) is 5.25. The standard InChI is InChI=1S/C15H22N2O3/c1-10-4-11(8-16)9-17(10)15(18)12-5-13(19-2)7-14(6-12)20-3/h5-7,10-11H,4,8-9,16H2,1-3H3. The van der Waals surface area contributed by atoms with Crippen molar-refractivity contribution in [3.63, 3.8) is 0 Å². The summed E-state index contributed by atoms with van der Waals surface area (Å²) in [4.78, 5) is 14.5. The van der Waals surface area contributed by atoms with Gasteiger partial charge in [-0.2, -0.15) is 0 Å². The maximum Gasteiger partial charge on any atom is 0.254 e. The first-order valence-electron chi connectivity index (χ1n) is 6.83. The zero-order valence-electron chi connectivity index (χ0n) is 12.3. The molecule has 1 amide bonds. The number of likely N-dealkylation sites (tertiary alicyclic amines) is 1. The van der Waals surface area contributed by atoms with Crippen molar-refractivity contribution < 1.29 is 14.3 Å². The van der Waals surface area contributed by atoms with Crippen molar-refractivity contribution in [3.05, 3.63) is 23.8 Å². The van der Waals surface area contributed by atoms with Gasteiger partial charge >= 0.3 is 0 Å². The van der Waals surface area contributed by atoms with Gasteiger partial charge in [0.05, 0.1) is 14.2 Å². The number of rotatable bonds is 4. The molecule has 110 valence electrons. The Kier molecular flexibility index (Phi) is 4.49. The number of nitrogens with zero attached hydrogens (tertiary/aromatic N) is 1. The van der Waals surface area contributed by atoms with Crippen molar-refractivity contribution in [2.75, 3.05) is 27.3 Å². The van der Waals surface area contributed by atoms with Crippen molar-refractivity contribution >= 4 is 5.91 Å². The fourth-order valence-corrected chi connectivity index (χ4v) is 2.69. The van der Waals surface area contributed by atoms with Gasteiger partial charge < -0.3 is 20.1 Å². The summed E-state index contributed by atoms with van der Waals surface area (Å²) in [5, 5.41) is 0. The fourth-order valence-electron chi connectivity index (χ4n) is 2.69. The quantitative estimate of drug-likeness (QED) is 0.906. The first-order valence-corrected chi connectivity index (χ1v) is 6.83. The molecule has 0 bridgehead atoms. The van der Waals surface area contributed by atoms with E-state index in [0.717, 1.165) is 13.0 Å². The zero-order chi connectivity index (χ0) is 14.7. The maximum absolute atomic E-state index is 12.6. The summed E-state index contributed by atoms with van der Waals surface area (Å²) in [6.07, 6.45) is 0.962. The molecule has 1 aromatic rings. The van der Waals surface area contributed by atoms with E-state index in [1.54, 1.807) is 32.4 Å². The van der Waals surface area contributed by atoms with Crippen LogP contribution >= 0.6 is 0 Å². The van der Waals surface area contributed by atoms with Crippen LogP contribution in [0, 0.1) is 5.92 Å². The van der Waals surface area contributed by atoms with Crippen LogP contribution in [-0.4, -0.2) is 44.2 Å². The molecule has 5 heteroatoms. The minimum absolute atomic E-state index is 0.00523. The lowest BCUT2D eigenvalue weighted by molar-refractivity contribution is 0.0742. The van der Waals surface area contributed by atoms with Crippen LogP contribution in [0.2, 0.25) is 0 Å².